The number of carboxylic acids is 1. The van der Waals surface area contributed by atoms with E-state index in [2.05, 4.69) is 6.58 Å². The lowest BCUT2D eigenvalue weighted by Crippen LogP contribution is -2.12. The van der Waals surface area contributed by atoms with Gasteiger partial charge in [-0.15, -0.1) is 6.58 Å². The minimum Gasteiger partial charge on any atom is -0.481 e. The molecule has 0 heterocycles. The van der Waals surface area contributed by atoms with E-state index in [9.17, 15) is 4.79 Å². The third-order valence-electron chi connectivity index (χ3n) is 2.26. The first kappa shape index (κ1) is 13.2. The molecule has 3 nitrogen and oxygen atoms in total. The van der Waals surface area contributed by atoms with Crippen LogP contribution in [0.4, 0.5) is 0 Å². The monoisotopic (exact) mass is 200 g/mol. The van der Waals surface area contributed by atoms with E-state index in [1.807, 2.05) is 0 Å². The van der Waals surface area contributed by atoms with E-state index >= 15 is 0 Å². The van der Waals surface area contributed by atoms with Crippen LogP contribution in [0.2, 0.25) is 0 Å². The summed E-state index contributed by atoms with van der Waals surface area (Å²) in [4.78, 5) is 10.7. The van der Waals surface area contributed by atoms with Crippen molar-refractivity contribution in [1.29, 1.82) is 0 Å². The van der Waals surface area contributed by atoms with Gasteiger partial charge in [0.1, 0.15) is 0 Å². The largest absolute Gasteiger partial charge is 0.481 e. The van der Waals surface area contributed by atoms with E-state index in [1.54, 1.807) is 6.08 Å². The molecular weight excluding hydrogens is 180 g/mol. The molecule has 3 heteroatoms. The molecule has 0 rings (SSSR count). The molecule has 1 unspecified atom stereocenters. The summed E-state index contributed by atoms with van der Waals surface area (Å²) in [6.45, 7) is 3.78. The van der Waals surface area contributed by atoms with Crippen molar-refractivity contribution in [2.45, 2.75) is 38.5 Å². The van der Waals surface area contributed by atoms with Gasteiger partial charge in [0.2, 0.25) is 0 Å². The van der Waals surface area contributed by atoms with Gasteiger partial charge in [-0.3, -0.25) is 4.79 Å². The van der Waals surface area contributed by atoms with Gasteiger partial charge in [-0.05, 0) is 19.3 Å². The van der Waals surface area contributed by atoms with Gasteiger partial charge in [0.15, 0.2) is 0 Å². The van der Waals surface area contributed by atoms with E-state index in [0.29, 0.717) is 12.8 Å². The molecule has 0 fully saturated rings. The molecule has 14 heavy (non-hydrogen) atoms. The van der Waals surface area contributed by atoms with Gasteiger partial charge in [-0.2, -0.15) is 0 Å². The number of allylic oxidation sites excluding steroid dienone is 1. The summed E-state index contributed by atoms with van der Waals surface area (Å²) in [5, 5.41) is 17.4. The van der Waals surface area contributed by atoms with Gasteiger partial charge < -0.3 is 10.2 Å². The maximum absolute atomic E-state index is 10.7. The summed E-state index contributed by atoms with van der Waals surface area (Å²) in [7, 11) is 0. The van der Waals surface area contributed by atoms with Gasteiger partial charge in [-0.1, -0.05) is 25.3 Å². The first-order chi connectivity index (χ1) is 6.72. The number of hydrogen-bond acceptors (Lipinski definition) is 2. The van der Waals surface area contributed by atoms with E-state index < -0.39 is 5.97 Å². The Morgan fingerprint density at radius 3 is 2.43 bits per heavy atom. The molecule has 0 amide bonds. The van der Waals surface area contributed by atoms with Crippen LogP contribution in [0.5, 0.6) is 0 Å². The quantitative estimate of drug-likeness (QED) is 0.443. The van der Waals surface area contributed by atoms with Gasteiger partial charge >= 0.3 is 5.97 Å². The van der Waals surface area contributed by atoms with E-state index in [0.717, 1.165) is 25.7 Å². The van der Waals surface area contributed by atoms with Crippen LogP contribution in [-0.4, -0.2) is 22.8 Å². The molecule has 2 N–H and O–H groups in total. The van der Waals surface area contributed by atoms with Crippen LogP contribution in [0.1, 0.15) is 38.5 Å². The zero-order valence-corrected chi connectivity index (χ0v) is 8.61. The van der Waals surface area contributed by atoms with E-state index in [-0.39, 0.29) is 12.5 Å². The number of aliphatic hydroxyl groups excluding tert-OH is 1. The van der Waals surface area contributed by atoms with Gasteiger partial charge in [0, 0.05) is 6.61 Å². The number of rotatable bonds is 9. The van der Waals surface area contributed by atoms with Crippen LogP contribution in [-0.2, 0) is 4.79 Å². The fraction of sp³-hybridized carbons (Fsp3) is 0.727. The summed E-state index contributed by atoms with van der Waals surface area (Å²) >= 11 is 0. The highest BCUT2D eigenvalue weighted by molar-refractivity contribution is 5.70. The fourth-order valence-corrected chi connectivity index (χ4v) is 1.40. The summed E-state index contributed by atoms with van der Waals surface area (Å²) < 4.78 is 0. The average Bonchev–Trinajstić information content (AvgIpc) is 2.15. The summed E-state index contributed by atoms with van der Waals surface area (Å²) in [5.74, 6) is -1.01. The lowest BCUT2D eigenvalue weighted by molar-refractivity contribution is -0.141. The van der Waals surface area contributed by atoms with E-state index in [1.165, 1.54) is 0 Å². The SMILES string of the molecule is C=CCC(CCCCCCO)C(=O)O. The number of hydrogen-bond donors (Lipinski definition) is 2. The number of aliphatic carboxylic acids is 1. The Hall–Kier alpha value is -0.830. The Bertz CT molecular complexity index is 166. The summed E-state index contributed by atoms with van der Waals surface area (Å²) in [6.07, 6.45) is 6.65. The Morgan fingerprint density at radius 2 is 1.93 bits per heavy atom. The predicted octanol–water partition coefficient (Wildman–Crippen LogP) is 2.21. The average molecular weight is 200 g/mol. The second-order valence-corrected chi connectivity index (χ2v) is 3.49. The molecule has 82 valence electrons. The van der Waals surface area contributed by atoms with Gasteiger partial charge in [0.25, 0.3) is 0 Å². The molecule has 0 aliphatic carbocycles. The Labute approximate surface area is 85.4 Å². The van der Waals surface area contributed by atoms with Crippen molar-refractivity contribution < 1.29 is 15.0 Å². The number of carbonyl (C=O) groups is 1. The molecule has 0 saturated carbocycles. The van der Waals surface area contributed by atoms with Crippen molar-refractivity contribution in [3.63, 3.8) is 0 Å². The molecule has 0 aromatic carbocycles. The van der Waals surface area contributed by atoms with Crippen LogP contribution < -0.4 is 0 Å². The molecule has 1 atom stereocenters. The first-order valence-electron chi connectivity index (χ1n) is 5.17. The van der Waals surface area contributed by atoms with Crippen molar-refractivity contribution >= 4 is 5.97 Å². The van der Waals surface area contributed by atoms with E-state index in [4.69, 9.17) is 10.2 Å². The fourth-order valence-electron chi connectivity index (χ4n) is 1.40. The van der Waals surface area contributed by atoms with Crippen LogP contribution in [0.25, 0.3) is 0 Å². The topological polar surface area (TPSA) is 57.5 Å². The van der Waals surface area contributed by atoms with Gasteiger partial charge in [0.05, 0.1) is 5.92 Å². The third-order valence-corrected chi connectivity index (χ3v) is 2.26. The maximum Gasteiger partial charge on any atom is 0.306 e. The molecule has 0 bridgehead atoms. The van der Waals surface area contributed by atoms with Gasteiger partial charge in [-0.25, -0.2) is 0 Å². The molecule has 0 aromatic rings. The summed E-state index contributed by atoms with van der Waals surface area (Å²) in [6, 6.07) is 0. The first-order valence-corrected chi connectivity index (χ1v) is 5.17. The molecule has 0 aliphatic heterocycles. The molecular formula is C11H20O3. The minimum atomic E-state index is -0.730. The molecule has 0 saturated heterocycles. The highest BCUT2D eigenvalue weighted by Gasteiger charge is 2.14. The molecule has 0 aromatic heterocycles. The van der Waals surface area contributed by atoms with Crippen LogP contribution in [0, 0.1) is 5.92 Å². The lowest BCUT2D eigenvalue weighted by atomic mass is 9.98. The Morgan fingerprint density at radius 1 is 1.29 bits per heavy atom. The second-order valence-electron chi connectivity index (χ2n) is 3.49. The molecule has 0 aliphatic rings. The van der Waals surface area contributed by atoms with Crippen molar-refractivity contribution in [3.05, 3.63) is 12.7 Å². The van der Waals surface area contributed by atoms with Crippen molar-refractivity contribution in [2.75, 3.05) is 6.61 Å². The molecule has 0 radical (unpaired) electrons. The standard InChI is InChI=1S/C11H20O3/c1-2-7-10(11(13)14)8-5-3-4-6-9-12/h2,10,12H,1,3-9H2,(H,13,14). The second kappa shape index (κ2) is 8.75. The zero-order valence-electron chi connectivity index (χ0n) is 8.61. The maximum atomic E-state index is 10.7. The van der Waals surface area contributed by atoms with Crippen molar-refractivity contribution in [2.24, 2.45) is 5.92 Å². The Kier molecular flexibility index (Phi) is 8.24. The normalized spacial score (nSPS) is 12.4. The highest BCUT2D eigenvalue weighted by atomic mass is 16.4. The smallest absolute Gasteiger partial charge is 0.306 e. The van der Waals surface area contributed by atoms with Crippen LogP contribution >= 0.6 is 0 Å². The molecule has 0 spiro atoms. The lowest BCUT2D eigenvalue weighted by Gasteiger charge is -2.08. The van der Waals surface area contributed by atoms with Crippen molar-refractivity contribution in [3.8, 4) is 0 Å². The third kappa shape index (κ3) is 6.66. The number of aliphatic hydroxyl groups is 1. The van der Waals surface area contributed by atoms with Crippen molar-refractivity contribution in [1.82, 2.24) is 0 Å². The Balaban J connectivity index is 3.50. The number of carboxylic acid groups (broad SMARTS) is 1. The minimum absolute atomic E-state index is 0.231. The number of unbranched alkanes of at least 4 members (excludes halogenated alkanes) is 3. The predicted molar refractivity (Wildman–Crippen MR) is 56.1 cm³/mol. The van der Waals surface area contributed by atoms with Crippen LogP contribution in [0.3, 0.4) is 0 Å². The zero-order chi connectivity index (χ0) is 10.8. The van der Waals surface area contributed by atoms with Crippen LogP contribution in [0.15, 0.2) is 12.7 Å². The highest BCUT2D eigenvalue weighted by Crippen LogP contribution is 2.14. The summed E-state index contributed by atoms with van der Waals surface area (Å²) in [5.41, 5.74) is 0.